The first-order chi connectivity index (χ1) is 10.9. The van der Waals surface area contributed by atoms with Gasteiger partial charge in [0.15, 0.2) is 11.5 Å². The van der Waals surface area contributed by atoms with Crippen molar-refractivity contribution in [3.63, 3.8) is 0 Å². The summed E-state index contributed by atoms with van der Waals surface area (Å²) < 4.78 is 16.3. The van der Waals surface area contributed by atoms with E-state index in [-0.39, 0.29) is 6.79 Å². The molecule has 0 atom stereocenters. The van der Waals surface area contributed by atoms with Crippen molar-refractivity contribution in [2.75, 3.05) is 19.2 Å². The van der Waals surface area contributed by atoms with Crippen LogP contribution in [0, 0.1) is 0 Å². The second-order valence-corrected chi connectivity index (χ2v) is 4.92. The van der Waals surface area contributed by atoms with Crippen LogP contribution >= 0.6 is 0 Å². The molecule has 4 rings (SSSR count). The summed E-state index contributed by atoms with van der Waals surface area (Å²) in [6.07, 6.45) is 0. The second kappa shape index (κ2) is 5.11. The Morgan fingerprint density at radius 1 is 0.955 bits per heavy atom. The average Bonchev–Trinajstić information content (AvgIpc) is 3.21. The van der Waals surface area contributed by atoms with Gasteiger partial charge in [-0.15, -0.1) is 0 Å². The van der Waals surface area contributed by atoms with Crippen LogP contribution in [0.4, 0.5) is 5.88 Å². The number of ether oxygens (including phenoxy) is 2. The van der Waals surface area contributed by atoms with Gasteiger partial charge in [-0.3, -0.25) is 0 Å². The van der Waals surface area contributed by atoms with Crippen molar-refractivity contribution in [3.8, 4) is 33.9 Å². The van der Waals surface area contributed by atoms with E-state index in [0.717, 1.165) is 33.9 Å². The van der Waals surface area contributed by atoms with Crippen molar-refractivity contribution in [2.24, 2.45) is 0 Å². The number of benzene rings is 2. The van der Waals surface area contributed by atoms with Gasteiger partial charge in [0.25, 0.3) is 0 Å². The van der Waals surface area contributed by atoms with Crippen LogP contribution in [0.2, 0.25) is 0 Å². The molecule has 110 valence electrons. The maximum absolute atomic E-state index is 5.46. The molecule has 1 aromatic heterocycles. The molecule has 0 aliphatic carbocycles. The van der Waals surface area contributed by atoms with Crippen LogP contribution < -0.4 is 14.8 Å². The smallest absolute Gasteiger partial charge is 0.232 e. The SMILES string of the molecule is CNc1onc(-c2ccccc2)c1-c1ccc2c(c1)OCO2. The van der Waals surface area contributed by atoms with Crippen molar-refractivity contribution in [2.45, 2.75) is 0 Å². The number of fused-ring (bicyclic) bond motifs is 1. The molecule has 5 heteroatoms. The van der Waals surface area contributed by atoms with Crippen LogP contribution in [-0.4, -0.2) is 19.0 Å². The minimum atomic E-state index is 0.257. The van der Waals surface area contributed by atoms with E-state index in [1.54, 1.807) is 0 Å². The summed E-state index contributed by atoms with van der Waals surface area (Å²) in [7, 11) is 1.81. The highest BCUT2D eigenvalue weighted by molar-refractivity contribution is 5.88. The molecule has 22 heavy (non-hydrogen) atoms. The monoisotopic (exact) mass is 294 g/mol. The Bertz CT molecular complexity index is 812. The van der Waals surface area contributed by atoms with E-state index < -0.39 is 0 Å². The van der Waals surface area contributed by atoms with Gasteiger partial charge >= 0.3 is 0 Å². The molecule has 3 aromatic rings. The number of rotatable bonds is 3. The fourth-order valence-electron chi connectivity index (χ4n) is 2.57. The highest BCUT2D eigenvalue weighted by atomic mass is 16.7. The molecule has 0 fully saturated rings. The first kappa shape index (κ1) is 12.8. The van der Waals surface area contributed by atoms with Crippen LogP contribution in [0.3, 0.4) is 0 Å². The predicted molar refractivity (Wildman–Crippen MR) is 83.0 cm³/mol. The summed E-state index contributed by atoms with van der Waals surface area (Å²) in [6.45, 7) is 0.257. The molecule has 0 amide bonds. The van der Waals surface area contributed by atoms with Gasteiger partial charge in [0.05, 0.1) is 5.56 Å². The molecule has 5 nitrogen and oxygen atoms in total. The Kier molecular flexibility index (Phi) is 2.96. The average molecular weight is 294 g/mol. The summed E-state index contributed by atoms with van der Waals surface area (Å²) in [5, 5.41) is 7.27. The predicted octanol–water partition coefficient (Wildman–Crippen LogP) is 3.78. The lowest BCUT2D eigenvalue weighted by molar-refractivity contribution is 0.174. The van der Waals surface area contributed by atoms with E-state index in [2.05, 4.69) is 10.5 Å². The third-order valence-corrected chi connectivity index (χ3v) is 3.63. The summed E-state index contributed by atoms with van der Waals surface area (Å²) in [5.41, 5.74) is 3.67. The molecule has 1 aliphatic heterocycles. The third kappa shape index (κ3) is 1.98. The van der Waals surface area contributed by atoms with Gasteiger partial charge in [0.2, 0.25) is 12.7 Å². The molecule has 0 radical (unpaired) electrons. The zero-order chi connectivity index (χ0) is 14.9. The molecule has 1 aliphatic rings. The molecule has 0 spiro atoms. The van der Waals surface area contributed by atoms with Crippen molar-refractivity contribution in [3.05, 3.63) is 48.5 Å². The standard InChI is InChI=1S/C17H14N2O3/c1-18-17-15(12-7-8-13-14(9-12)21-10-20-13)16(19-22-17)11-5-3-2-4-6-11/h2-9,18H,10H2,1H3. The Labute approximate surface area is 127 Å². The van der Waals surface area contributed by atoms with Gasteiger partial charge < -0.3 is 19.3 Å². The Hall–Kier alpha value is -2.95. The minimum Gasteiger partial charge on any atom is -0.454 e. The molecule has 0 unspecified atom stereocenters. The Morgan fingerprint density at radius 2 is 1.77 bits per heavy atom. The molecule has 0 saturated carbocycles. The summed E-state index contributed by atoms with van der Waals surface area (Å²) in [6, 6.07) is 15.8. The molecule has 2 aromatic carbocycles. The van der Waals surface area contributed by atoms with Gasteiger partial charge in [0.1, 0.15) is 5.69 Å². The van der Waals surface area contributed by atoms with E-state index in [4.69, 9.17) is 14.0 Å². The maximum atomic E-state index is 5.46. The first-order valence-electron chi connectivity index (χ1n) is 6.99. The molecule has 0 saturated heterocycles. The topological polar surface area (TPSA) is 56.5 Å². The quantitative estimate of drug-likeness (QED) is 0.796. The lowest BCUT2D eigenvalue weighted by atomic mass is 10.0. The van der Waals surface area contributed by atoms with Crippen LogP contribution in [0.15, 0.2) is 53.1 Å². The molecule has 1 N–H and O–H groups in total. The fourth-order valence-corrected chi connectivity index (χ4v) is 2.57. The zero-order valence-corrected chi connectivity index (χ0v) is 12.0. The van der Waals surface area contributed by atoms with E-state index in [0.29, 0.717) is 5.88 Å². The molecular formula is C17H14N2O3. The zero-order valence-electron chi connectivity index (χ0n) is 12.0. The lowest BCUT2D eigenvalue weighted by Gasteiger charge is -2.05. The van der Waals surface area contributed by atoms with Crippen molar-refractivity contribution in [1.29, 1.82) is 0 Å². The highest BCUT2D eigenvalue weighted by Crippen LogP contribution is 2.42. The van der Waals surface area contributed by atoms with Gasteiger partial charge in [0, 0.05) is 12.6 Å². The highest BCUT2D eigenvalue weighted by Gasteiger charge is 2.21. The summed E-state index contributed by atoms with van der Waals surface area (Å²) >= 11 is 0. The summed E-state index contributed by atoms with van der Waals surface area (Å²) in [5.74, 6) is 2.12. The molecular weight excluding hydrogens is 280 g/mol. The Balaban J connectivity index is 1.89. The van der Waals surface area contributed by atoms with Gasteiger partial charge in [-0.25, -0.2) is 0 Å². The number of aromatic nitrogens is 1. The van der Waals surface area contributed by atoms with Crippen LogP contribution in [-0.2, 0) is 0 Å². The first-order valence-corrected chi connectivity index (χ1v) is 6.99. The lowest BCUT2D eigenvalue weighted by Crippen LogP contribution is -1.93. The van der Waals surface area contributed by atoms with Crippen molar-refractivity contribution < 1.29 is 14.0 Å². The number of hydrogen-bond donors (Lipinski definition) is 1. The third-order valence-electron chi connectivity index (χ3n) is 3.63. The van der Waals surface area contributed by atoms with Gasteiger partial charge in [-0.05, 0) is 17.7 Å². The van der Waals surface area contributed by atoms with Crippen LogP contribution in [0.1, 0.15) is 0 Å². The Morgan fingerprint density at radius 3 is 2.59 bits per heavy atom. The van der Waals surface area contributed by atoms with Crippen molar-refractivity contribution in [1.82, 2.24) is 5.16 Å². The van der Waals surface area contributed by atoms with E-state index in [1.807, 2.05) is 55.6 Å². The second-order valence-electron chi connectivity index (χ2n) is 4.92. The maximum Gasteiger partial charge on any atom is 0.232 e. The number of anilines is 1. The van der Waals surface area contributed by atoms with Crippen LogP contribution in [0.5, 0.6) is 11.5 Å². The van der Waals surface area contributed by atoms with Gasteiger partial charge in [-0.2, -0.15) is 0 Å². The van der Waals surface area contributed by atoms with Crippen LogP contribution in [0.25, 0.3) is 22.4 Å². The molecule has 0 bridgehead atoms. The normalized spacial score (nSPS) is 12.4. The summed E-state index contributed by atoms with van der Waals surface area (Å²) in [4.78, 5) is 0. The fraction of sp³-hybridized carbons (Fsp3) is 0.118. The van der Waals surface area contributed by atoms with E-state index >= 15 is 0 Å². The van der Waals surface area contributed by atoms with E-state index in [1.165, 1.54) is 0 Å². The van der Waals surface area contributed by atoms with E-state index in [9.17, 15) is 0 Å². The number of nitrogens with one attached hydrogen (secondary N) is 1. The van der Waals surface area contributed by atoms with Gasteiger partial charge in [-0.1, -0.05) is 41.6 Å². The number of nitrogens with zero attached hydrogens (tertiary/aromatic N) is 1. The van der Waals surface area contributed by atoms with Crippen molar-refractivity contribution >= 4 is 5.88 Å². The largest absolute Gasteiger partial charge is 0.454 e. The minimum absolute atomic E-state index is 0.257. The number of hydrogen-bond acceptors (Lipinski definition) is 5. The molecule has 2 heterocycles.